The molecule has 0 bridgehead atoms. The molecule has 1 N–H and O–H groups in total. The van der Waals surface area contributed by atoms with Crippen LogP contribution in [-0.2, 0) is 6.54 Å². The van der Waals surface area contributed by atoms with Crippen molar-refractivity contribution < 1.29 is 4.74 Å². The van der Waals surface area contributed by atoms with Crippen LogP contribution >= 0.6 is 11.6 Å². The molecule has 1 fully saturated rings. The Kier molecular flexibility index (Phi) is 5.49. The van der Waals surface area contributed by atoms with Gasteiger partial charge in [0.2, 0.25) is 0 Å². The minimum absolute atomic E-state index is 0.567. The molecule has 0 saturated carbocycles. The fourth-order valence-electron chi connectivity index (χ4n) is 2.65. The molecule has 1 unspecified atom stereocenters. The molecule has 1 heterocycles. The van der Waals surface area contributed by atoms with Crippen molar-refractivity contribution >= 4 is 11.6 Å². The number of nitrogens with zero attached hydrogens (tertiary/aromatic N) is 1. The first kappa shape index (κ1) is 14.6. The van der Waals surface area contributed by atoms with E-state index in [0.717, 1.165) is 36.0 Å². The Morgan fingerprint density at radius 2 is 2.32 bits per heavy atom. The van der Waals surface area contributed by atoms with Gasteiger partial charge in [-0.3, -0.25) is 0 Å². The highest BCUT2D eigenvalue weighted by atomic mass is 35.5. The quantitative estimate of drug-likeness (QED) is 0.899. The number of nitrogens with one attached hydrogen (secondary N) is 1. The van der Waals surface area contributed by atoms with Crippen molar-refractivity contribution in [1.82, 2.24) is 10.2 Å². The lowest BCUT2D eigenvalue weighted by molar-refractivity contribution is 0.198. The monoisotopic (exact) mass is 282 g/mol. The molecule has 1 atom stereocenters. The molecule has 1 aliphatic heterocycles. The Balaban J connectivity index is 1.92. The number of rotatable bonds is 5. The van der Waals surface area contributed by atoms with Gasteiger partial charge >= 0.3 is 0 Å². The summed E-state index contributed by atoms with van der Waals surface area (Å²) in [5.74, 6) is 0.903. The van der Waals surface area contributed by atoms with Gasteiger partial charge in [-0.15, -0.1) is 0 Å². The van der Waals surface area contributed by atoms with Gasteiger partial charge in [0.1, 0.15) is 5.75 Å². The standard InChI is InChI=1S/C15H23ClN2O/c1-3-18-8-4-5-14(11-18)17-10-12-9-13(16)6-7-15(12)19-2/h6-7,9,14,17H,3-5,8,10-11H2,1-2H3. The van der Waals surface area contributed by atoms with Crippen LogP contribution < -0.4 is 10.1 Å². The van der Waals surface area contributed by atoms with Crippen LogP contribution in [0, 0.1) is 0 Å². The molecule has 0 aliphatic carbocycles. The van der Waals surface area contributed by atoms with Crippen molar-refractivity contribution in [3.63, 3.8) is 0 Å². The minimum Gasteiger partial charge on any atom is -0.496 e. The van der Waals surface area contributed by atoms with Crippen molar-refractivity contribution in [3.05, 3.63) is 28.8 Å². The van der Waals surface area contributed by atoms with Gasteiger partial charge in [-0.25, -0.2) is 0 Å². The fourth-order valence-corrected chi connectivity index (χ4v) is 2.84. The first-order valence-corrected chi connectivity index (χ1v) is 7.39. The zero-order chi connectivity index (χ0) is 13.7. The summed E-state index contributed by atoms with van der Waals surface area (Å²) >= 11 is 6.05. The van der Waals surface area contributed by atoms with Crippen LogP contribution in [0.25, 0.3) is 0 Å². The van der Waals surface area contributed by atoms with E-state index in [-0.39, 0.29) is 0 Å². The summed E-state index contributed by atoms with van der Waals surface area (Å²) in [6.45, 7) is 6.54. The fraction of sp³-hybridized carbons (Fsp3) is 0.600. The molecule has 1 saturated heterocycles. The third kappa shape index (κ3) is 4.10. The van der Waals surface area contributed by atoms with E-state index in [2.05, 4.69) is 17.1 Å². The van der Waals surface area contributed by atoms with Gasteiger partial charge in [0.15, 0.2) is 0 Å². The number of likely N-dealkylation sites (N-methyl/N-ethyl adjacent to an activating group) is 1. The Hall–Kier alpha value is -0.770. The normalized spacial score (nSPS) is 20.5. The number of hydrogen-bond acceptors (Lipinski definition) is 3. The van der Waals surface area contributed by atoms with E-state index in [0.29, 0.717) is 6.04 Å². The zero-order valence-electron chi connectivity index (χ0n) is 11.8. The summed E-state index contributed by atoms with van der Waals surface area (Å²) in [7, 11) is 1.70. The van der Waals surface area contributed by atoms with E-state index in [9.17, 15) is 0 Å². The minimum atomic E-state index is 0.567. The van der Waals surface area contributed by atoms with Crippen molar-refractivity contribution in [2.24, 2.45) is 0 Å². The Morgan fingerprint density at radius 1 is 1.47 bits per heavy atom. The summed E-state index contributed by atoms with van der Waals surface area (Å²) in [5, 5.41) is 4.38. The lowest BCUT2D eigenvalue weighted by Crippen LogP contribution is -2.45. The number of halogens is 1. The maximum atomic E-state index is 6.05. The third-order valence-electron chi connectivity index (χ3n) is 3.78. The Labute approximate surface area is 120 Å². The molecular weight excluding hydrogens is 260 g/mol. The number of methoxy groups -OCH3 is 1. The van der Waals surface area contributed by atoms with Crippen molar-refractivity contribution in [1.29, 1.82) is 0 Å². The molecular formula is C15H23ClN2O. The lowest BCUT2D eigenvalue weighted by atomic mass is 10.1. The van der Waals surface area contributed by atoms with E-state index in [1.807, 2.05) is 18.2 Å². The molecule has 3 nitrogen and oxygen atoms in total. The maximum absolute atomic E-state index is 6.05. The number of ether oxygens (including phenoxy) is 1. The van der Waals surface area contributed by atoms with Crippen LogP contribution in [-0.4, -0.2) is 37.7 Å². The summed E-state index contributed by atoms with van der Waals surface area (Å²) in [6.07, 6.45) is 2.53. The molecule has 1 aromatic rings. The van der Waals surface area contributed by atoms with Crippen molar-refractivity contribution in [3.8, 4) is 5.75 Å². The van der Waals surface area contributed by atoms with Crippen LogP contribution in [0.4, 0.5) is 0 Å². The first-order valence-electron chi connectivity index (χ1n) is 7.01. The summed E-state index contributed by atoms with van der Waals surface area (Å²) in [5.41, 5.74) is 1.13. The van der Waals surface area contributed by atoms with Gasteiger partial charge in [0.25, 0.3) is 0 Å². The number of hydrogen-bond donors (Lipinski definition) is 1. The molecule has 106 valence electrons. The highest BCUT2D eigenvalue weighted by Crippen LogP contribution is 2.23. The predicted octanol–water partition coefficient (Wildman–Crippen LogP) is 2.92. The van der Waals surface area contributed by atoms with E-state index < -0.39 is 0 Å². The van der Waals surface area contributed by atoms with Gasteiger partial charge in [-0.05, 0) is 44.1 Å². The Morgan fingerprint density at radius 3 is 3.05 bits per heavy atom. The average molecular weight is 283 g/mol. The molecule has 0 amide bonds. The van der Waals surface area contributed by atoms with E-state index in [1.54, 1.807) is 7.11 Å². The highest BCUT2D eigenvalue weighted by molar-refractivity contribution is 6.30. The van der Waals surface area contributed by atoms with E-state index in [1.165, 1.54) is 19.4 Å². The van der Waals surface area contributed by atoms with Crippen LogP contribution in [0.15, 0.2) is 18.2 Å². The van der Waals surface area contributed by atoms with Gasteiger partial charge < -0.3 is 15.0 Å². The van der Waals surface area contributed by atoms with Gasteiger partial charge in [-0.2, -0.15) is 0 Å². The second-order valence-corrected chi connectivity index (χ2v) is 5.51. The van der Waals surface area contributed by atoms with Gasteiger partial charge in [0, 0.05) is 29.7 Å². The van der Waals surface area contributed by atoms with E-state index in [4.69, 9.17) is 16.3 Å². The lowest BCUT2D eigenvalue weighted by Gasteiger charge is -2.32. The van der Waals surface area contributed by atoms with E-state index >= 15 is 0 Å². The molecule has 2 rings (SSSR count). The Bertz CT molecular complexity index is 411. The van der Waals surface area contributed by atoms with Gasteiger partial charge in [-0.1, -0.05) is 18.5 Å². The second kappa shape index (κ2) is 7.13. The summed E-state index contributed by atoms with van der Waals surface area (Å²) in [4.78, 5) is 2.50. The van der Waals surface area contributed by atoms with Crippen molar-refractivity contribution in [2.45, 2.75) is 32.4 Å². The molecule has 19 heavy (non-hydrogen) atoms. The molecule has 1 aromatic carbocycles. The SMILES string of the molecule is CCN1CCCC(NCc2cc(Cl)ccc2OC)C1. The van der Waals surface area contributed by atoms with Crippen LogP contribution in [0.1, 0.15) is 25.3 Å². The highest BCUT2D eigenvalue weighted by Gasteiger charge is 2.18. The molecule has 1 aliphatic rings. The summed E-state index contributed by atoms with van der Waals surface area (Å²) in [6, 6.07) is 6.34. The van der Waals surface area contributed by atoms with Crippen LogP contribution in [0.3, 0.4) is 0 Å². The summed E-state index contributed by atoms with van der Waals surface area (Å²) < 4.78 is 5.37. The molecule has 0 spiro atoms. The smallest absolute Gasteiger partial charge is 0.123 e. The first-order chi connectivity index (χ1) is 9.22. The second-order valence-electron chi connectivity index (χ2n) is 5.07. The van der Waals surface area contributed by atoms with Gasteiger partial charge in [0.05, 0.1) is 7.11 Å². The molecule has 0 radical (unpaired) electrons. The number of piperidine rings is 1. The van der Waals surface area contributed by atoms with Crippen LogP contribution in [0.2, 0.25) is 5.02 Å². The van der Waals surface area contributed by atoms with Crippen LogP contribution in [0.5, 0.6) is 5.75 Å². The maximum Gasteiger partial charge on any atom is 0.123 e. The average Bonchev–Trinajstić information content (AvgIpc) is 2.45. The topological polar surface area (TPSA) is 24.5 Å². The zero-order valence-corrected chi connectivity index (χ0v) is 12.5. The molecule has 4 heteroatoms. The number of benzene rings is 1. The largest absolute Gasteiger partial charge is 0.496 e. The number of likely N-dealkylation sites (tertiary alicyclic amines) is 1. The molecule has 0 aromatic heterocycles. The third-order valence-corrected chi connectivity index (χ3v) is 4.01. The predicted molar refractivity (Wildman–Crippen MR) is 80.0 cm³/mol. The van der Waals surface area contributed by atoms with Crippen molar-refractivity contribution in [2.75, 3.05) is 26.7 Å².